The number of fused-ring (bicyclic) bond motifs is 1. The lowest BCUT2D eigenvalue weighted by Gasteiger charge is -2.22. The van der Waals surface area contributed by atoms with Gasteiger partial charge in [-0.05, 0) is 32.0 Å². The predicted molar refractivity (Wildman–Crippen MR) is 78.4 cm³/mol. The van der Waals surface area contributed by atoms with E-state index in [1.807, 2.05) is 13.8 Å². The van der Waals surface area contributed by atoms with E-state index in [2.05, 4.69) is 6.07 Å². The second-order valence-corrected chi connectivity index (χ2v) is 5.09. The Labute approximate surface area is 125 Å². The second kappa shape index (κ2) is 6.98. The molecule has 112 valence electrons. The first-order valence-electron chi connectivity index (χ1n) is 7.24. The van der Waals surface area contributed by atoms with Crippen LogP contribution in [0.5, 0.6) is 11.5 Å². The summed E-state index contributed by atoms with van der Waals surface area (Å²) in [4.78, 5) is 14.2. The first-order valence-corrected chi connectivity index (χ1v) is 7.24. The number of carbonyl (C=O) groups is 1. The lowest BCUT2D eigenvalue weighted by molar-refractivity contribution is 0.0752. The molecule has 0 N–H and O–H groups in total. The summed E-state index contributed by atoms with van der Waals surface area (Å²) >= 11 is 0. The molecule has 0 spiro atoms. The van der Waals surface area contributed by atoms with Crippen LogP contribution < -0.4 is 9.47 Å². The number of amides is 1. The second-order valence-electron chi connectivity index (χ2n) is 5.09. The molecule has 1 aromatic carbocycles. The zero-order valence-corrected chi connectivity index (χ0v) is 12.5. The number of nitriles is 1. The van der Waals surface area contributed by atoms with Crippen LogP contribution >= 0.6 is 0 Å². The zero-order valence-electron chi connectivity index (χ0n) is 12.5. The summed E-state index contributed by atoms with van der Waals surface area (Å²) in [6.07, 6.45) is 0.832. The molecule has 5 nitrogen and oxygen atoms in total. The van der Waals surface area contributed by atoms with Crippen molar-refractivity contribution in [3.05, 3.63) is 23.8 Å². The Morgan fingerprint density at radius 2 is 2.10 bits per heavy atom. The van der Waals surface area contributed by atoms with Crippen LogP contribution in [0.4, 0.5) is 0 Å². The van der Waals surface area contributed by atoms with E-state index in [0.29, 0.717) is 43.4 Å². The van der Waals surface area contributed by atoms with Gasteiger partial charge in [-0.25, -0.2) is 0 Å². The van der Waals surface area contributed by atoms with Crippen molar-refractivity contribution >= 4 is 5.91 Å². The SMILES string of the molecule is CCN(CC(C)C#N)C(=O)c1ccc2c(c1)OCCCO2. The number of benzene rings is 1. The number of carbonyl (C=O) groups excluding carboxylic acids is 1. The molecular formula is C16H20N2O3. The van der Waals surface area contributed by atoms with Crippen molar-refractivity contribution in [3.63, 3.8) is 0 Å². The van der Waals surface area contributed by atoms with Crippen LogP contribution in [0, 0.1) is 17.2 Å². The third kappa shape index (κ3) is 3.66. The van der Waals surface area contributed by atoms with Crippen molar-refractivity contribution in [1.29, 1.82) is 5.26 Å². The molecule has 0 saturated carbocycles. The average Bonchev–Trinajstić information content (AvgIpc) is 2.76. The van der Waals surface area contributed by atoms with Gasteiger partial charge in [0.15, 0.2) is 11.5 Å². The Bertz CT molecular complexity index is 551. The van der Waals surface area contributed by atoms with Crippen LogP contribution in [-0.4, -0.2) is 37.1 Å². The van der Waals surface area contributed by atoms with E-state index in [9.17, 15) is 4.79 Å². The van der Waals surface area contributed by atoms with E-state index >= 15 is 0 Å². The van der Waals surface area contributed by atoms with Gasteiger partial charge in [-0.2, -0.15) is 5.26 Å². The number of hydrogen-bond acceptors (Lipinski definition) is 4. The minimum atomic E-state index is -0.186. The van der Waals surface area contributed by atoms with Gasteiger partial charge in [0.25, 0.3) is 5.91 Å². The minimum Gasteiger partial charge on any atom is -0.490 e. The molecule has 1 heterocycles. The highest BCUT2D eigenvalue weighted by Crippen LogP contribution is 2.30. The van der Waals surface area contributed by atoms with Crippen molar-refractivity contribution in [1.82, 2.24) is 4.90 Å². The molecule has 1 aliphatic heterocycles. The quantitative estimate of drug-likeness (QED) is 0.854. The maximum atomic E-state index is 12.5. The molecule has 0 fully saturated rings. The third-order valence-electron chi connectivity index (χ3n) is 3.38. The highest BCUT2D eigenvalue weighted by Gasteiger charge is 2.19. The van der Waals surface area contributed by atoms with Crippen molar-refractivity contribution in [2.24, 2.45) is 5.92 Å². The zero-order chi connectivity index (χ0) is 15.2. The Kier molecular flexibility index (Phi) is 5.04. The van der Waals surface area contributed by atoms with Crippen LogP contribution in [0.15, 0.2) is 18.2 Å². The van der Waals surface area contributed by atoms with Crippen molar-refractivity contribution in [2.45, 2.75) is 20.3 Å². The van der Waals surface area contributed by atoms with E-state index in [1.54, 1.807) is 23.1 Å². The summed E-state index contributed by atoms with van der Waals surface area (Å²) in [6.45, 7) is 5.93. The first kappa shape index (κ1) is 15.2. The molecular weight excluding hydrogens is 268 g/mol. The van der Waals surface area contributed by atoms with Gasteiger partial charge in [0, 0.05) is 25.1 Å². The molecule has 1 amide bonds. The molecule has 0 radical (unpaired) electrons. The van der Waals surface area contributed by atoms with Gasteiger partial charge in [-0.3, -0.25) is 4.79 Å². The molecule has 1 aliphatic rings. The van der Waals surface area contributed by atoms with Crippen LogP contribution in [0.1, 0.15) is 30.6 Å². The van der Waals surface area contributed by atoms with Gasteiger partial charge in [-0.15, -0.1) is 0 Å². The fraction of sp³-hybridized carbons (Fsp3) is 0.500. The van der Waals surface area contributed by atoms with E-state index in [1.165, 1.54) is 0 Å². The Morgan fingerprint density at radius 1 is 1.38 bits per heavy atom. The molecule has 1 unspecified atom stereocenters. The van der Waals surface area contributed by atoms with E-state index < -0.39 is 0 Å². The summed E-state index contributed by atoms with van der Waals surface area (Å²) in [5.74, 6) is 1.02. The van der Waals surface area contributed by atoms with Gasteiger partial charge < -0.3 is 14.4 Å². The summed E-state index contributed by atoms with van der Waals surface area (Å²) in [6, 6.07) is 7.40. The normalized spacial score (nSPS) is 14.7. The third-order valence-corrected chi connectivity index (χ3v) is 3.38. The Hall–Kier alpha value is -2.22. The molecule has 2 rings (SSSR count). The molecule has 5 heteroatoms. The lowest BCUT2D eigenvalue weighted by atomic mass is 10.1. The summed E-state index contributed by atoms with van der Waals surface area (Å²) in [5, 5.41) is 8.90. The highest BCUT2D eigenvalue weighted by molar-refractivity contribution is 5.95. The largest absolute Gasteiger partial charge is 0.490 e. The maximum Gasteiger partial charge on any atom is 0.254 e. The predicted octanol–water partition coefficient (Wildman–Crippen LogP) is 2.47. The van der Waals surface area contributed by atoms with Crippen LogP contribution in [0.3, 0.4) is 0 Å². The van der Waals surface area contributed by atoms with Crippen LogP contribution in [-0.2, 0) is 0 Å². The standard InChI is InChI=1S/C16H20N2O3/c1-3-18(11-12(2)10-17)16(19)13-5-6-14-15(9-13)21-8-4-7-20-14/h5-6,9,12H,3-4,7-8,11H2,1-2H3. The molecule has 0 aromatic heterocycles. The van der Waals surface area contributed by atoms with Gasteiger partial charge in [0.05, 0.1) is 25.2 Å². The molecule has 0 bridgehead atoms. The molecule has 0 saturated heterocycles. The fourth-order valence-corrected chi connectivity index (χ4v) is 2.21. The molecule has 21 heavy (non-hydrogen) atoms. The smallest absolute Gasteiger partial charge is 0.254 e. The molecule has 1 atom stereocenters. The monoisotopic (exact) mass is 288 g/mol. The van der Waals surface area contributed by atoms with E-state index in [-0.39, 0.29) is 11.8 Å². The lowest BCUT2D eigenvalue weighted by Crippen LogP contribution is -2.34. The number of ether oxygens (including phenoxy) is 2. The van der Waals surface area contributed by atoms with Crippen molar-refractivity contribution < 1.29 is 14.3 Å². The van der Waals surface area contributed by atoms with Crippen LogP contribution in [0.25, 0.3) is 0 Å². The van der Waals surface area contributed by atoms with Crippen molar-refractivity contribution in [2.75, 3.05) is 26.3 Å². The number of hydrogen-bond donors (Lipinski definition) is 0. The molecule has 1 aromatic rings. The highest BCUT2D eigenvalue weighted by atomic mass is 16.5. The Morgan fingerprint density at radius 3 is 2.76 bits per heavy atom. The number of rotatable bonds is 4. The summed E-state index contributed by atoms with van der Waals surface area (Å²) in [7, 11) is 0. The van der Waals surface area contributed by atoms with Crippen LogP contribution in [0.2, 0.25) is 0 Å². The summed E-state index contributed by atoms with van der Waals surface area (Å²) in [5.41, 5.74) is 0.561. The van der Waals surface area contributed by atoms with Crippen molar-refractivity contribution in [3.8, 4) is 17.6 Å². The molecule has 0 aliphatic carbocycles. The maximum absolute atomic E-state index is 12.5. The van der Waals surface area contributed by atoms with E-state index in [4.69, 9.17) is 14.7 Å². The van der Waals surface area contributed by atoms with Gasteiger partial charge in [-0.1, -0.05) is 0 Å². The van der Waals surface area contributed by atoms with Gasteiger partial charge >= 0.3 is 0 Å². The topological polar surface area (TPSA) is 62.6 Å². The first-order chi connectivity index (χ1) is 10.2. The average molecular weight is 288 g/mol. The number of nitrogens with zero attached hydrogens (tertiary/aromatic N) is 2. The van der Waals surface area contributed by atoms with Gasteiger partial charge in [0.1, 0.15) is 0 Å². The van der Waals surface area contributed by atoms with E-state index in [0.717, 1.165) is 6.42 Å². The summed E-state index contributed by atoms with van der Waals surface area (Å²) < 4.78 is 11.2. The van der Waals surface area contributed by atoms with Gasteiger partial charge in [0.2, 0.25) is 0 Å². The minimum absolute atomic E-state index is 0.0877. The Balaban J connectivity index is 2.18. The fourth-order valence-electron chi connectivity index (χ4n) is 2.21.